The monoisotopic (exact) mass is 435 g/mol. The summed E-state index contributed by atoms with van der Waals surface area (Å²) in [7, 11) is 0. The maximum absolute atomic E-state index is 13.7. The zero-order valence-electron chi connectivity index (χ0n) is 17.7. The number of benzene rings is 2. The quantitative estimate of drug-likeness (QED) is 0.343. The Morgan fingerprint density at radius 1 is 1.16 bits per heavy atom. The van der Waals surface area contributed by atoms with Crippen molar-refractivity contribution in [2.24, 2.45) is 0 Å². The zero-order chi connectivity index (χ0) is 22.8. The molecule has 0 bridgehead atoms. The predicted molar refractivity (Wildman–Crippen MR) is 115 cm³/mol. The van der Waals surface area contributed by atoms with Gasteiger partial charge in [-0.1, -0.05) is 12.1 Å². The van der Waals surface area contributed by atoms with Crippen LogP contribution in [0.1, 0.15) is 35.4 Å². The van der Waals surface area contributed by atoms with Crippen molar-refractivity contribution >= 4 is 17.4 Å². The summed E-state index contributed by atoms with van der Waals surface area (Å²) in [5.41, 5.74) is 1.21. The number of Topliss-reactive ketones (excluding diaryl/α,β-unsaturated/α-hetero) is 1. The van der Waals surface area contributed by atoms with Gasteiger partial charge in [-0.3, -0.25) is 9.59 Å². The van der Waals surface area contributed by atoms with Crippen LogP contribution in [-0.4, -0.2) is 28.3 Å². The largest absolute Gasteiger partial charge is 0.507 e. The molecule has 0 spiro atoms. The van der Waals surface area contributed by atoms with Gasteiger partial charge < -0.3 is 19.2 Å². The van der Waals surface area contributed by atoms with Gasteiger partial charge in [-0.2, -0.15) is 0 Å². The number of nitrogens with zero attached hydrogens (tertiary/aromatic N) is 1. The van der Waals surface area contributed by atoms with Gasteiger partial charge in [0.25, 0.3) is 11.7 Å². The summed E-state index contributed by atoms with van der Waals surface area (Å²) < 4.78 is 24.8. The van der Waals surface area contributed by atoms with Crippen molar-refractivity contribution in [1.82, 2.24) is 4.90 Å². The maximum atomic E-state index is 13.7. The second kappa shape index (κ2) is 8.70. The van der Waals surface area contributed by atoms with Crippen LogP contribution in [0.5, 0.6) is 5.75 Å². The van der Waals surface area contributed by atoms with Crippen LogP contribution in [0.4, 0.5) is 4.39 Å². The third-order valence-corrected chi connectivity index (χ3v) is 5.35. The number of hydrogen-bond acceptors (Lipinski definition) is 5. The lowest BCUT2D eigenvalue weighted by Gasteiger charge is -2.23. The maximum Gasteiger partial charge on any atom is 0.296 e. The van der Waals surface area contributed by atoms with E-state index in [1.54, 1.807) is 31.2 Å². The molecule has 32 heavy (non-hydrogen) atoms. The molecule has 1 saturated heterocycles. The van der Waals surface area contributed by atoms with E-state index in [4.69, 9.17) is 9.15 Å². The smallest absolute Gasteiger partial charge is 0.296 e. The minimum atomic E-state index is -0.925. The molecule has 7 heteroatoms. The predicted octanol–water partition coefficient (Wildman–Crippen LogP) is 4.75. The van der Waals surface area contributed by atoms with E-state index in [1.807, 2.05) is 19.1 Å². The number of aryl methyl sites for hydroxylation is 1. The average molecular weight is 435 g/mol. The molecule has 1 aliphatic heterocycles. The Balaban J connectivity index is 1.79. The molecule has 1 aromatic heterocycles. The van der Waals surface area contributed by atoms with Crippen molar-refractivity contribution in [1.29, 1.82) is 0 Å². The summed E-state index contributed by atoms with van der Waals surface area (Å²) >= 11 is 0. The Kier molecular flexibility index (Phi) is 5.81. The number of rotatable bonds is 6. The van der Waals surface area contributed by atoms with Crippen LogP contribution in [0.15, 0.2) is 70.9 Å². The van der Waals surface area contributed by atoms with Crippen LogP contribution in [0.3, 0.4) is 0 Å². The lowest BCUT2D eigenvalue weighted by atomic mass is 9.98. The number of carbonyl (C=O) groups is 2. The first-order valence-corrected chi connectivity index (χ1v) is 10.2. The summed E-state index contributed by atoms with van der Waals surface area (Å²) in [6.45, 7) is 4.03. The second-order valence-corrected chi connectivity index (χ2v) is 7.49. The number of amides is 1. The molecule has 1 N–H and O–H groups in total. The van der Waals surface area contributed by atoms with Crippen LogP contribution < -0.4 is 4.74 Å². The van der Waals surface area contributed by atoms with Gasteiger partial charge in [-0.25, -0.2) is 4.39 Å². The third kappa shape index (κ3) is 3.89. The molecule has 0 radical (unpaired) electrons. The Hall–Kier alpha value is -3.87. The van der Waals surface area contributed by atoms with Crippen molar-refractivity contribution < 1.29 is 28.2 Å². The second-order valence-electron chi connectivity index (χ2n) is 7.49. The summed E-state index contributed by atoms with van der Waals surface area (Å²) in [6, 6.07) is 13.6. The number of halogens is 1. The zero-order valence-corrected chi connectivity index (χ0v) is 17.7. The van der Waals surface area contributed by atoms with Gasteiger partial charge in [-0.05, 0) is 67.4 Å². The van der Waals surface area contributed by atoms with E-state index in [2.05, 4.69) is 0 Å². The fraction of sp³-hybridized carbons (Fsp3) is 0.200. The third-order valence-electron chi connectivity index (χ3n) is 5.35. The van der Waals surface area contributed by atoms with Crippen molar-refractivity contribution in [3.05, 3.63) is 94.7 Å². The highest BCUT2D eigenvalue weighted by atomic mass is 19.1. The van der Waals surface area contributed by atoms with Crippen LogP contribution in [0, 0.1) is 12.7 Å². The van der Waals surface area contributed by atoms with Gasteiger partial charge >= 0.3 is 0 Å². The van der Waals surface area contributed by atoms with Gasteiger partial charge in [0.1, 0.15) is 29.1 Å². The molecule has 4 rings (SSSR count). The van der Waals surface area contributed by atoms with Crippen molar-refractivity contribution in [3.63, 3.8) is 0 Å². The van der Waals surface area contributed by atoms with E-state index in [9.17, 15) is 19.1 Å². The Bertz CT molecular complexity index is 1200. The highest BCUT2D eigenvalue weighted by Crippen LogP contribution is 2.40. The number of carbonyl (C=O) groups excluding carboxylic acids is 2. The Morgan fingerprint density at radius 2 is 1.97 bits per heavy atom. The molecule has 1 atom stereocenters. The lowest BCUT2D eigenvalue weighted by Crippen LogP contribution is -2.29. The summed E-state index contributed by atoms with van der Waals surface area (Å²) in [5, 5.41) is 11.0. The number of hydrogen-bond donors (Lipinski definition) is 1. The van der Waals surface area contributed by atoms with Crippen molar-refractivity contribution in [2.75, 3.05) is 6.61 Å². The van der Waals surface area contributed by atoms with Gasteiger partial charge in [-0.15, -0.1) is 0 Å². The van der Waals surface area contributed by atoms with Crippen molar-refractivity contribution in [2.45, 2.75) is 26.4 Å². The number of furan rings is 1. The van der Waals surface area contributed by atoms with E-state index in [0.29, 0.717) is 23.7 Å². The van der Waals surface area contributed by atoms with Crippen LogP contribution in [0.2, 0.25) is 0 Å². The Labute approximate surface area is 184 Å². The molecule has 0 aliphatic carbocycles. The molecule has 0 saturated carbocycles. The van der Waals surface area contributed by atoms with Crippen molar-refractivity contribution in [3.8, 4) is 5.75 Å². The number of aliphatic hydroxyl groups is 1. The molecular weight excluding hydrogens is 413 g/mol. The minimum Gasteiger partial charge on any atom is -0.507 e. The molecule has 1 unspecified atom stereocenters. The first kappa shape index (κ1) is 21.4. The lowest BCUT2D eigenvalue weighted by molar-refractivity contribution is -0.140. The molecule has 1 aliphatic rings. The van der Waals surface area contributed by atoms with Crippen LogP contribution in [0.25, 0.3) is 5.76 Å². The van der Waals surface area contributed by atoms with E-state index >= 15 is 0 Å². The van der Waals surface area contributed by atoms with E-state index in [-0.39, 0.29) is 23.4 Å². The van der Waals surface area contributed by atoms with Gasteiger partial charge in [0.05, 0.1) is 18.4 Å². The molecule has 1 fully saturated rings. The number of ether oxygens (including phenoxy) is 1. The summed E-state index contributed by atoms with van der Waals surface area (Å²) in [4.78, 5) is 27.3. The highest BCUT2D eigenvalue weighted by Gasteiger charge is 2.47. The molecule has 6 nitrogen and oxygen atoms in total. The Morgan fingerprint density at radius 3 is 2.66 bits per heavy atom. The molecule has 164 valence electrons. The number of likely N-dealkylation sites (tertiary alicyclic amines) is 1. The first-order chi connectivity index (χ1) is 15.4. The first-order valence-electron chi connectivity index (χ1n) is 10.2. The standard InChI is InChI=1S/C25H22FNO5/c1-3-31-18-7-4-6-16(13-18)14-27-22(20-8-5-11-32-20)21(24(29)25(27)30)23(28)17-9-10-19(26)15(2)12-17/h4-13,22,28H,3,14H2,1-2H3/b23-21-. The molecule has 3 aromatic rings. The summed E-state index contributed by atoms with van der Waals surface area (Å²) in [5.74, 6) is -1.40. The highest BCUT2D eigenvalue weighted by molar-refractivity contribution is 6.46. The van der Waals surface area contributed by atoms with E-state index in [0.717, 1.165) is 5.56 Å². The number of ketones is 1. The van der Waals surface area contributed by atoms with E-state index < -0.39 is 23.5 Å². The number of aliphatic hydroxyl groups excluding tert-OH is 1. The fourth-order valence-electron chi connectivity index (χ4n) is 3.83. The average Bonchev–Trinajstić information content (AvgIpc) is 3.38. The molecule has 2 aromatic carbocycles. The van der Waals surface area contributed by atoms with Gasteiger partial charge in [0, 0.05) is 12.1 Å². The van der Waals surface area contributed by atoms with Gasteiger partial charge in [0.15, 0.2) is 0 Å². The van der Waals surface area contributed by atoms with Crippen LogP contribution in [-0.2, 0) is 16.1 Å². The normalized spacial score (nSPS) is 17.7. The molecule has 1 amide bonds. The fourth-order valence-corrected chi connectivity index (χ4v) is 3.83. The molecule has 2 heterocycles. The minimum absolute atomic E-state index is 0.100. The van der Waals surface area contributed by atoms with E-state index in [1.165, 1.54) is 29.4 Å². The van der Waals surface area contributed by atoms with Gasteiger partial charge in [0.2, 0.25) is 0 Å². The molecular formula is C25H22FNO5. The van der Waals surface area contributed by atoms with Crippen LogP contribution >= 0.6 is 0 Å². The topological polar surface area (TPSA) is 80.0 Å². The summed E-state index contributed by atoms with van der Waals surface area (Å²) in [6.07, 6.45) is 1.44. The SMILES string of the molecule is CCOc1cccc(CN2C(=O)C(=O)/C(=C(\O)c3ccc(F)c(C)c3)C2c2ccco2)c1.